The molecule has 3 N–H and O–H groups in total. The summed E-state index contributed by atoms with van der Waals surface area (Å²) < 4.78 is 1.06. The highest BCUT2D eigenvalue weighted by Gasteiger charge is 2.14. The molecule has 0 radical (unpaired) electrons. The number of urea groups is 1. The SMILES string of the molecule is CC(C)CC(CO)NC(=O)Nc1ccc2nc(C(C)C)sc2c1. The molecule has 0 aliphatic carbocycles. The van der Waals surface area contributed by atoms with Crippen molar-refractivity contribution in [3.8, 4) is 0 Å². The number of aromatic nitrogens is 1. The molecule has 126 valence electrons. The normalized spacial score (nSPS) is 12.8. The van der Waals surface area contributed by atoms with Crippen molar-refractivity contribution in [3.05, 3.63) is 23.2 Å². The van der Waals surface area contributed by atoms with E-state index in [1.165, 1.54) is 0 Å². The van der Waals surface area contributed by atoms with Crippen LogP contribution >= 0.6 is 11.3 Å². The van der Waals surface area contributed by atoms with Crippen LogP contribution in [0, 0.1) is 5.92 Å². The molecule has 2 amide bonds. The van der Waals surface area contributed by atoms with Crippen LogP contribution in [-0.4, -0.2) is 28.8 Å². The maximum atomic E-state index is 12.1. The number of fused-ring (bicyclic) bond motifs is 1. The van der Waals surface area contributed by atoms with Gasteiger partial charge in [0.05, 0.1) is 27.9 Å². The van der Waals surface area contributed by atoms with E-state index in [2.05, 4.69) is 43.3 Å². The second-order valence-corrected chi connectivity index (χ2v) is 7.56. The molecule has 0 spiro atoms. The first-order chi connectivity index (χ1) is 10.9. The fourth-order valence-electron chi connectivity index (χ4n) is 2.37. The summed E-state index contributed by atoms with van der Waals surface area (Å²) in [4.78, 5) is 16.7. The lowest BCUT2D eigenvalue weighted by Crippen LogP contribution is -2.40. The number of aliphatic hydroxyl groups excluding tert-OH is 1. The lowest BCUT2D eigenvalue weighted by atomic mass is 10.0. The lowest BCUT2D eigenvalue weighted by Gasteiger charge is -2.18. The van der Waals surface area contributed by atoms with Crippen LogP contribution in [0.25, 0.3) is 10.2 Å². The highest BCUT2D eigenvalue weighted by Crippen LogP contribution is 2.29. The van der Waals surface area contributed by atoms with Crippen LogP contribution in [0.2, 0.25) is 0 Å². The Balaban J connectivity index is 2.04. The molecule has 1 aromatic heterocycles. The Kier molecular flexibility index (Phi) is 5.96. The van der Waals surface area contributed by atoms with Gasteiger partial charge in [0.15, 0.2) is 0 Å². The lowest BCUT2D eigenvalue weighted by molar-refractivity contribution is 0.214. The van der Waals surface area contributed by atoms with Crippen LogP contribution in [0.4, 0.5) is 10.5 Å². The predicted octanol–water partition coefficient (Wildman–Crippen LogP) is 3.95. The zero-order chi connectivity index (χ0) is 17.0. The summed E-state index contributed by atoms with van der Waals surface area (Å²) in [7, 11) is 0. The number of amides is 2. The first-order valence-corrected chi connectivity index (χ1v) is 8.79. The van der Waals surface area contributed by atoms with Crippen molar-refractivity contribution in [3.63, 3.8) is 0 Å². The van der Waals surface area contributed by atoms with Gasteiger partial charge in [-0.1, -0.05) is 27.7 Å². The minimum absolute atomic E-state index is 0.0583. The number of benzene rings is 1. The average Bonchev–Trinajstić information content (AvgIpc) is 2.89. The highest BCUT2D eigenvalue weighted by molar-refractivity contribution is 7.18. The average molecular weight is 335 g/mol. The number of hydrogen-bond acceptors (Lipinski definition) is 4. The fourth-order valence-corrected chi connectivity index (χ4v) is 3.38. The van der Waals surface area contributed by atoms with Gasteiger partial charge in [0, 0.05) is 11.6 Å². The molecule has 0 aliphatic rings. The number of carbonyl (C=O) groups excluding carboxylic acids is 1. The maximum absolute atomic E-state index is 12.1. The molecule has 5 nitrogen and oxygen atoms in total. The molecule has 0 saturated carbocycles. The largest absolute Gasteiger partial charge is 0.394 e. The molecular weight excluding hydrogens is 310 g/mol. The van der Waals surface area contributed by atoms with Crippen LogP contribution in [0.5, 0.6) is 0 Å². The Bertz CT molecular complexity index is 667. The van der Waals surface area contributed by atoms with Crippen molar-refractivity contribution in [2.75, 3.05) is 11.9 Å². The molecule has 0 aliphatic heterocycles. The molecule has 23 heavy (non-hydrogen) atoms. The van der Waals surface area contributed by atoms with Gasteiger partial charge in [0.2, 0.25) is 0 Å². The van der Waals surface area contributed by atoms with E-state index in [4.69, 9.17) is 0 Å². The second-order valence-electron chi connectivity index (χ2n) is 6.50. The standard InChI is InChI=1S/C17H25N3O2S/c1-10(2)7-13(9-21)19-17(22)18-12-5-6-14-15(8-12)23-16(20-14)11(3)4/h5-6,8,10-11,13,21H,7,9H2,1-4H3,(H2,18,19,22). The summed E-state index contributed by atoms with van der Waals surface area (Å²) >= 11 is 1.65. The van der Waals surface area contributed by atoms with E-state index in [0.29, 0.717) is 11.8 Å². The zero-order valence-corrected chi connectivity index (χ0v) is 14.9. The van der Waals surface area contributed by atoms with Crippen molar-refractivity contribution >= 4 is 33.3 Å². The Morgan fingerprint density at radius 3 is 2.65 bits per heavy atom. The van der Waals surface area contributed by atoms with Gasteiger partial charge in [-0.05, 0) is 30.5 Å². The number of hydrogen-bond donors (Lipinski definition) is 3. The molecule has 2 aromatic rings. The number of aliphatic hydroxyl groups is 1. The fraction of sp³-hybridized carbons (Fsp3) is 0.529. The van der Waals surface area contributed by atoms with Gasteiger partial charge in [-0.25, -0.2) is 9.78 Å². The Morgan fingerprint density at radius 1 is 1.30 bits per heavy atom. The highest BCUT2D eigenvalue weighted by atomic mass is 32.1. The number of anilines is 1. The van der Waals surface area contributed by atoms with Crippen LogP contribution in [0.1, 0.15) is 45.0 Å². The summed E-state index contributed by atoms with van der Waals surface area (Å²) in [5, 5.41) is 16.1. The first-order valence-electron chi connectivity index (χ1n) is 7.98. The van der Waals surface area contributed by atoms with Gasteiger partial charge in [0.25, 0.3) is 0 Å². The van der Waals surface area contributed by atoms with E-state index in [0.717, 1.165) is 27.3 Å². The molecule has 0 fully saturated rings. The molecule has 2 rings (SSSR count). The van der Waals surface area contributed by atoms with Gasteiger partial charge in [-0.3, -0.25) is 0 Å². The minimum atomic E-state index is -0.294. The number of nitrogens with zero attached hydrogens (tertiary/aromatic N) is 1. The Hall–Kier alpha value is -1.66. The van der Waals surface area contributed by atoms with Gasteiger partial charge in [-0.15, -0.1) is 11.3 Å². The molecule has 1 aromatic carbocycles. The van der Waals surface area contributed by atoms with Crippen molar-refractivity contribution < 1.29 is 9.90 Å². The number of carbonyl (C=O) groups is 1. The number of thiazole rings is 1. The van der Waals surface area contributed by atoms with Crippen LogP contribution in [-0.2, 0) is 0 Å². The van der Waals surface area contributed by atoms with Gasteiger partial charge in [0.1, 0.15) is 0 Å². The minimum Gasteiger partial charge on any atom is -0.394 e. The third kappa shape index (κ3) is 4.91. The van der Waals surface area contributed by atoms with Gasteiger partial charge in [-0.2, -0.15) is 0 Å². The maximum Gasteiger partial charge on any atom is 0.319 e. The molecule has 1 atom stereocenters. The summed E-state index contributed by atoms with van der Waals surface area (Å²) in [6.45, 7) is 8.30. The van der Waals surface area contributed by atoms with E-state index in [1.807, 2.05) is 18.2 Å². The van der Waals surface area contributed by atoms with Crippen LogP contribution in [0.3, 0.4) is 0 Å². The Labute approximate surface area is 141 Å². The summed E-state index contributed by atoms with van der Waals surface area (Å²) in [5.41, 5.74) is 1.69. The topological polar surface area (TPSA) is 74.2 Å². The molecule has 6 heteroatoms. The van der Waals surface area contributed by atoms with Crippen molar-refractivity contribution in [2.45, 2.75) is 46.1 Å². The van der Waals surface area contributed by atoms with E-state index >= 15 is 0 Å². The number of nitrogens with one attached hydrogen (secondary N) is 2. The van der Waals surface area contributed by atoms with E-state index in [-0.39, 0.29) is 18.7 Å². The van der Waals surface area contributed by atoms with Crippen molar-refractivity contribution in [2.24, 2.45) is 5.92 Å². The summed E-state index contributed by atoms with van der Waals surface area (Å²) in [6.07, 6.45) is 0.746. The molecule has 0 bridgehead atoms. The van der Waals surface area contributed by atoms with Gasteiger partial charge < -0.3 is 15.7 Å². The molecule has 1 heterocycles. The van der Waals surface area contributed by atoms with Crippen LogP contribution < -0.4 is 10.6 Å². The van der Waals surface area contributed by atoms with Crippen LogP contribution in [0.15, 0.2) is 18.2 Å². The third-order valence-electron chi connectivity index (χ3n) is 3.47. The zero-order valence-electron chi connectivity index (χ0n) is 14.1. The Morgan fingerprint density at radius 2 is 2.04 bits per heavy atom. The summed E-state index contributed by atoms with van der Waals surface area (Å²) in [5.74, 6) is 0.809. The molecule has 1 unspecified atom stereocenters. The summed E-state index contributed by atoms with van der Waals surface area (Å²) in [6, 6.07) is 5.19. The van der Waals surface area contributed by atoms with E-state index in [1.54, 1.807) is 11.3 Å². The van der Waals surface area contributed by atoms with Crippen molar-refractivity contribution in [1.29, 1.82) is 0 Å². The van der Waals surface area contributed by atoms with Gasteiger partial charge >= 0.3 is 6.03 Å². The third-order valence-corrected chi connectivity index (χ3v) is 4.79. The van der Waals surface area contributed by atoms with Crippen molar-refractivity contribution in [1.82, 2.24) is 10.3 Å². The first kappa shape index (κ1) is 17.7. The quantitative estimate of drug-likeness (QED) is 0.748. The van der Waals surface area contributed by atoms with E-state index < -0.39 is 0 Å². The molecule has 0 saturated heterocycles. The monoisotopic (exact) mass is 335 g/mol. The second kappa shape index (κ2) is 7.75. The number of rotatable bonds is 6. The molecular formula is C17H25N3O2S. The van der Waals surface area contributed by atoms with E-state index in [9.17, 15) is 9.90 Å². The predicted molar refractivity (Wildman–Crippen MR) is 96.2 cm³/mol. The smallest absolute Gasteiger partial charge is 0.319 e.